The second kappa shape index (κ2) is 6.91. The highest BCUT2D eigenvalue weighted by Crippen LogP contribution is 2.21. The van der Waals surface area contributed by atoms with E-state index < -0.39 is 0 Å². The number of hydrogen-bond acceptors (Lipinski definition) is 4. The molecule has 0 spiro atoms. The van der Waals surface area contributed by atoms with Crippen molar-refractivity contribution < 1.29 is 9.53 Å². The van der Waals surface area contributed by atoms with Crippen LogP contribution in [0.1, 0.15) is 18.4 Å². The summed E-state index contributed by atoms with van der Waals surface area (Å²) in [5.74, 6) is 0.0441. The molecule has 0 aliphatic carbocycles. The number of likely N-dealkylation sites (N-methyl/N-ethyl adjacent to an activating group) is 1. The Bertz CT molecular complexity index is 473. The second-order valence-electron chi connectivity index (χ2n) is 5.81. The van der Waals surface area contributed by atoms with Crippen molar-refractivity contribution in [2.75, 3.05) is 32.6 Å². The Hall–Kier alpha value is -1.59. The van der Waals surface area contributed by atoms with Gasteiger partial charge in [-0.1, -0.05) is 12.1 Å². The van der Waals surface area contributed by atoms with Crippen molar-refractivity contribution in [3.63, 3.8) is 0 Å². The van der Waals surface area contributed by atoms with E-state index in [0.717, 1.165) is 24.1 Å². The van der Waals surface area contributed by atoms with Gasteiger partial charge in [-0.3, -0.25) is 4.79 Å². The summed E-state index contributed by atoms with van der Waals surface area (Å²) in [5, 5.41) is 0. The Morgan fingerprint density at radius 3 is 2.43 bits per heavy atom. The van der Waals surface area contributed by atoms with Crippen molar-refractivity contribution in [1.82, 2.24) is 4.90 Å². The average Bonchev–Trinajstić information content (AvgIpc) is 2.95. The fraction of sp³-hybridized carbons (Fsp3) is 0.562. The number of amides is 1. The molecule has 1 amide bonds. The Morgan fingerprint density at radius 2 is 1.90 bits per heavy atom. The summed E-state index contributed by atoms with van der Waals surface area (Å²) in [6.45, 7) is 1.08. The number of benzene rings is 1. The first kappa shape index (κ1) is 15.8. The highest BCUT2D eigenvalue weighted by molar-refractivity contribution is 5.81. The molecule has 116 valence electrons. The predicted molar refractivity (Wildman–Crippen MR) is 84.2 cm³/mol. The molecule has 0 aromatic heterocycles. The van der Waals surface area contributed by atoms with Crippen molar-refractivity contribution >= 4 is 11.6 Å². The minimum Gasteiger partial charge on any atom is -0.378 e. The van der Waals surface area contributed by atoms with Gasteiger partial charge < -0.3 is 20.3 Å². The lowest BCUT2D eigenvalue weighted by Crippen LogP contribution is -2.36. The van der Waals surface area contributed by atoms with Crippen molar-refractivity contribution in [3.8, 4) is 0 Å². The summed E-state index contributed by atoms with van der Waals surface area (Å²) >= 11 is 0. The lowest BCUT2D eigenvalue weighted by atomic mass is 10.1. The number of nitrogens with zero attached hydrogens (tertiary/aromatic N) is 2. The zero-order valence-electron chi connectivity index (χ0n) is 13.1. The molecule has 1 saturated heterocycles. The van der Waals surface area contributed by atoms with Gasteiger partial charge in [0.25, 0.3) is 5.91 Å². The zero-order chi connectivity index (χ0) is 15.4. The first-order chi connectivity index (χ1) is 10.0. The van der Waals surface area contributed by atoms with Gasteiger partial charge in [0.1, 0.15) is 6.10 Å². The molecule has 1 aliphatic heterocycles. The van der Waals surface area contributed by atoms with Crippen LogP contribution in [0.4, 0.5) is 5.69 Å². The fourth-order valence-corrected chi connectivity index (χ4v) is 2.56. The van der Waals surface area contributed by atoms with E-state index in [9.17, 15) is 4.79 Å². The van der Waals surface area contributed by atoms with Crippen molar-refractivity contribution in [1.29, 1.82) is 0 Å². The standard InChI is InChI=1S/C16H25N3O2/c1-18(2)13-6-4-12(5-7-13)11-19(3)16(20)15-9-8-14(10-17)21-15/h4-7,14-15H,8-11,17H2,1-3H3. The Labute approximate surface area is 126 Å². The second-order valence-corrected chi connectivity index (χ2v) is 5.81. The number of carbonyl (C=O) groups is 1. The maximum absolute atomic E-state index is 12.3. The van der Waals surface area contributed by atoms with Crippen LogP contribution in [0.2, 0.25) is 0 Å². The molecule has 1 aromatic carbocycles. The lowest BCUT2D eigenvalue weighted by Gasteiger charge is -2.22. The number of nitrogens with two attached hydrogens (primary N) is 1. The molecular weight excluding hydrogens is 266 g/mol. The summed E-state index contributed by atoms with van der Waals surface area (Å²) in [5.41, 5.74) is 7.85. The van der Waals surface area contributed by atoms with Crippen LogP contribution in [-0.4, -0.2) is 50.7 Å². The third kappa shape index (κ3) is 3.95. The molecule has 1 aromatic rings. The van der Waals surface area contributed by atoms with Crippen LogP contribution < -0.4 is 10.6 Å². The third-order valence-corrected chi connectivity index (χ3v) is 3.89. The summed E-state index contributed by atoms with van der Waals surface area (Å²) in [6, 6.07) is 8.23. The molecule has 0 radical (unpaired) electrons. The minimum absolute atomic E-state index is 0.0340. The van der Waals surface area contributed by atoms with Gasteiger partial charge in [0.05, 0.1) is 6.10 Å². The number of anilines is 1. The molecule has 5 nitrogen and oxygen atoms in total. The van der Waals surface area contributed by atoms with Crippen LogP contribution in [0.25, 0.3) is 0 Å². The van der Waals surface area contributed by atoms with Crippen LogP contribution in [0.5, 0.6) is 0 Å². The fourth-order valence-electron chi connectivity index (χ4n) is 2.56. The Kier molecular flexibility index (Phi) is 5.20. The molecule has 2 unspecified atom stereocenters. The van der Waals surface area contributed by atoms with E-state index in [0.29, 0.717) is 13.1 Å². The van der Waals surface area contributed by atoms with Crippen LogP contribution in [0.3, 0.4) is 0 Å². The summed E-state index contributed by atoms with van der Waals surface area (Å²) < 4.78 is 5.66. The molecule has 2 N–H and O–H groups in total. The smallest absolute Gasteiger partial charge is 0.251 e. The number of ether oxygens (including phenoxy) is 1. The molecule has 2 rings (SSSR count). The monoisotopic (exact) mass is 291 g/mol. The predicted octanol–water partition coefficient (Wildman–Crippen LogP) is 1.22. The Balaban J connectivity index is 1.91. The molecule has 0 bridgehead atoms. The van der Waals surface area contributed by atoms with Crippen LogP contribution >= 0.6 is 0 Å². The van der Waals surface area contributed by atoms with Gasteiger partial charge in [0, 0.05) is 39.9 Å². The van der Waals surface area contributed by atoms with Gasteiger partial charge in [-0.2, -0.15) is 0 Å². The van der Waals surface area contributed by atoms with E-state index in [1.165, 1.54) is 0 Å². The molecule has 1 heterocycles. The summed E-state index contributed by atoms with van der Waals surface area (Å²) in [6.07, 6.45) is 1.35. The van der Waals surface area contributed by atoms with Gasteiger partial charge in [-0.15, -0.1) is 0 Å². The first-order valence-electron chi connectivity index (χ1n) is 7.38. The van der Waals surface area contributed by atoms with Crippen LogP contribution in [-0.2, 0) is 16.1 Å². The Morgan fingerprint density at radius 1 is 1.24 bits per heavy atom. The SMILES string of the molecule is CN(Cc1ccc(N(C)C)cc1)C(=O)C1CCC(CN)O1. The van der Waals surface area contributed by atoms with E-state index >= 15 is 0 Å². The largest absolute Gasteiger partial charge is 0.378 e. The maximum Gasteiger partial charge on any atom is 0.251 e. The van der Waals surface area contributed by atoms with Gasteiger partial charge in [-0.25, -0.2) is 0 Å². The number of hydrogen-bond donors (Lipinski definition) is 1. The average molecular weight is 291 g/mol. The quantitative estimate of drug-likeness (QED) is 0.886. The highest BCUT2D eigenvalue weighted by atomic mass is 16.5. The zero-order valence-corrected chi connectivity index (χ0v) is 13.1. The molecular formula is C16H25N3O2. The van der Waals surface area contributed by atoms with Crippen molar-refractivity contribution in [2.45, 2.75) is 31.6 Å². The molecule has 21 heavy (non-hydrogen) atoms. The van der Waals surface area contributed by atoms with E-state index in [4.69, 9.17) is 10.5 Å². The van der Waals surface area contributed by atoms with Crippen molar-refractivity contribution in [2.24, 2.45) is 5.73 Å². The lowest BCUT2D eigenvalue weighted by molar-refractivity contribution is -0.141. The van der Waals surface area contributed by atoms with Crippen molar-refractivity contribution in [3.05, 3.63) is 29.8 Å². The molecule has 0 saturated carbocycles. The van der Waals surface area contributed by atoms with Gasteiger partial charge >= 0.3 is 0 Å². The number of rotatable bonds is 5. The van der Waals surface area contributed by atoms with E-state index in [2.05, 4.69) is 29.2 Å². The van der Waals surface area contributed by atoms with Crippen LogP contribution in [0, 0.1) is 0 Å². The van der Waals surface area contributed by atoms with Gasteiger partial charge in [-0.05, 0) is 30.5 Å². The van der Waals surface area contributed by atoms with Crippen LogP contribution in [0.15, 0.2) is 24.3 Å². The molecule has 5 heteroatoms. The summed E-state index contributed by atoms with van der Waals surface area (Å²) in [4.78, 5) is 16.1. The first-order valence-corrected chi connectivity index (χ1v) is 7.38. The van der Waals surface area contributed by atoms with Gasteiger partial charge in [0.15, 0.2) is 0 Å². The van der Waals surface area contributed by atoms with E-state index in [1.54, 1.807) is 4.90 Å². The minimum atomic E-state index is -0.329. The third-order valence-electron chi connectivity index (χ3n) is 3.89. The number of carbonyl (C=O) groups excluding carboxylic acids is 1. The van der Waals surface area contributed by atoms with Gasteiger partial charge in [0.2, 0.25) is 0 Å². The van der Waals surface area contributed by atoms with E-state index in [-0.39, 0.29) is 18.1 Å². The normalized spacial score (nSPS) is 21.3. The molecule has 1 aliphatic rings. The molecule has 1 fully saturated rings. The summed E-state index contributed by atoms with van der Waals surface area (Å²) in [7, 11) is 5.84. The highest BCUT2D eigenvalue weighted by Gasteiger charge is 2.31. The maximum atomic E-state index is 12.3. The topological polar surface area (TPSA) is 58.8 Å². The van der Waals surface area contributed by atoms with E-state index in [1.807, 2.05) is 21.1 Å². The molecule has 2 atom stereocenters.